The number of amides is 1. The number of piperidine rings is 2. The van der Waals surface area contributed by atoms with Crippen molar-refractivity contribution in [2.45, 2.75) is 44.2 Å². The topological polar surface area (TPSA) is 136 Å². The molecule has 3 aliphatic rings. The number of likely N-dealkylation sites (tertiary alicyclic amines) is 1. The van der Waals surface area contributed by atoms with Crippen molar-refractivity contribution >= 4 is 23.2 Å². The molecule has 4 aromatic rings. The number of hydrogen-bond acceptors (Lipinski definition) is 8. The number of aliphatic hydroxyl groups excluding tert-OH is 1. The van der Waals surface area contributed by atoms with Crippen molar-refractivity contribution in [1.29, 1.82) is 0 Å². The Morgan fingerprint density at radius 3 is 2.60 bits per heavy atom. The lowest BCUT2D eigenvalue weighted by Crippen LogP contribution is -2.85. The molecule has 11 heteroatoms. The number of ketones is 1. The van der Waals surface area contributed by atoms with Crippen molar-refractivity contribution in [3.8, 4) is 28.1 Å². The highest BCUT2D eigenvalue weighted by molar-refractivity contribution is 6.00. The number of pyridine rings is 1. The average Bonchev–Trinajstić information content (AvgIpc) is 3.35. The fourth-order valence-corrected chi connectivity index (χ4v) is 7.24. The van der Waals surface area contributed by atoms with E-state index in [1.807, 2.05) is 11.0 Å². The zero-order chi connectivity index (χ0) is 27.9. The molecule has 1 spiro atoms. The first-order valence-electron chi connectivity index (χ1n) is 13.2. The zero-order valence-corrected chi connectivity index (χ0v) is 22.0. The third kappa shape index (κ3) is 3.09. The number of Topliss-reactive ketones (excluding diaryl/α,β-unsaturated/α-hetero) is 1. The number of carbonyl (C=O) groups excluding carboxylic acids is 2. The van der Waals surface area contributed by atoms with Gasteiger partial charge < -0.3 is 20.5 Å². The van der Waals surface area contributed by atoms with Crippen LogP contribution in [-0.2, 0) is 4.79 Å². The third-order valence-electron chi connectivity index (χ3n) is 9.21. The summed E-state index contributed by atoms with van der Waals surface area (Å²) in [6, 6.07) is 8.45. The fraction of sp³-hybridized carbons (Fsp3) is 0.345. The number of fused-ring (bicyclic) bond motifs is 1. The molecule has 1 amide bonds. The van der Waals surface area contributed by atoms with Crippen molar-refractivity contribution < 1.29 is 23.8 Å². The Morgan fingerprint density at radius 1 is 1.20 bits per heavy atom. The molecule has 3 fully saturated rings. The van der Waals surface area contributed by atoms with Gasteiger partial charge in [-0.25, -0.2) is 9.37 Å². The van der Waals surface area contributed by atoms with E-state index in [0.717, 1.165) is 18.4 Å². The smallest absolute Gasteiger partial charge is 0.248 e. The Labute approximate surface area is 228 Å². The number of rotatable bonds is 6. The monoisotopic (exact) mass is 542 g/mol. The molecule has 1 saturated heterocycles. The van der Waals surface area contributed by atoms with E-state index in [0.29, 0.717) is 40.1 Å². The van der Waals surface area contributed by atoms with Crippen LogP contribution in [0.5, 0.6) is 5.75 Å². The molecular weight excluding hydrogens is 515 g/mol. The highest BCUT2D eigenvalue weighted by atomic mass is 19.1. The Hall–Kier alpha value is -4.38. The zero-order valence-electron chi connectivity index (χ0n) is 22.0. The summed E-state index contributed by atoms with van der Waals surface area (Å²) in [6.07, 6.45) is 5.81. The lowest BCUT2D eigenvalue weighted by atomic mass is 9.37. The highest BCUT2D eigenvalue weighted by Crippen LogP contribution is 2.74. The van der Waals surface area contributed by atoms with Crippen molar-refractivity contribution in [3.05, 3.63) is 59.8 Å². The van der Waals surface area contributed by atoms with Gasteiger partial charge in [-0.2, -0.15) is 9.61 Å². The molecule has 1 aromatic carbocycles. The first-order chi connectivity index (χ1) is 19.3. The number of nitrogens with zero attached hydrogens (tertiary/aromatic N) is 5. The number of nitrogen functional groups attached to an aromatic ring is 1. The van der Waals surface area contributed by atoms with Gasteiger partial charge in [0, 0.05) is 46.3 Å². The molecule has 2 saturated carbocycles. The van der Waals surface area contributed by atoms with E-state index in [4.69, 9.17) is 15.5 Å². The van der Waals surface area contributed by atoms with Crippen LogP contribution in [0.4, 0.5) is 10.2 Å². The fourth-order valence-electron chi connectivity index (χ4n) is 7.24. The minimum Gasteiger partial charge on any atom is -0.494 e. The van der Waals surface area contributed by atoms with Crippen LogP contribution in [0.15, 0.2) is 42.7 Å². The first-order valence-corrected chi connectivity index (χ1v) is 13.2. The quantitative estimate of drug-likeness (QED) is 0.355. The van der Waals surface area contributed by atoms with Crippen LogP contribution < -0.4 is 10.5 Å². The van der Waals surface area contributed by atoms with Crippen LogP contribution >= 0.6 is 0 Å². The summed E-state index contributed by atoms with van der Waals surface area (Å²) >= 11 is 0. The van der Waals surface area contributed by atoms with Crippen molar-refractivity contribution in [3.63, 3.8) is 0 Å². The summed E-state index contributed by atoms with van der Waals surface area (Å²) in [4.78, 5) is 36.5. The number of ether oxygens (including phenoxy) is 1. The second-order valence-corrected chi connectivity index (χ2v) is 10.8. The Morgan fingerprint density at radius 2 is 2.00 bits per heavy atom. The second-order valence-electron chi connectivity index (χ2n) is 10.8. The molecule has 1 aliphatic heterocycles. The molecule has 7 rings (SSSR count). The number of carbonyl (C=O) groups is 2. The van der Waals surface area contributed by atoms with E-state index in [-0.39, 0.29) is 46.7 Å². The number of nitrogens with two attached hydrogens (primary N) is 1. The Bertz CT molecular complexity index is 1710. The van der Waals surface area contributed by atoms with Gasteiger partial charge in [0.2, 0.25) is 5.91 Å². The third-order valence-corrected chi connectivity index (χ3v) is 9.21. The average molecular weight is 543 g/mol. The SMILES string of the molecule is COc1ccc(-c2ccc(-c3cnn4c(N)c(C(C)=O)c(C5CC6N(C(=O)CO)C7CCC576)nc34)cn2)cc1F. The van der Waals surface area contributed by atoms with Crippen LogP contribution in [0.2, 0.25) is 0 Å². The molecule has 0 bridgehead atoms. The molecule has 40 heavy (non-hydrogen) atoms. The van der Waals surface area contributed by atoms with Gasteiger partial charge in [-0.05, 0) is 50.5 Å². The van der Waals surface area contributed by atoms with Crippen LogP contribution in [0.3, 0.4) is 0 Å². The van der Waals surface area contributed by atoms with E-state index < -0.39 is 12.4 Å². The molecule has 4 unspecified atom stereocenters. The number of aliphatic hydroxyl groups is 1. The molecule has 3 N–H and O–H groups in total. The van der Waals surface area contributed by atoms with Gasteiger partial charge in [-0.1, -0.05) is 6.07 Å². The highest BCUT2D eigenvalue weighted by Gasteiger charge is 2.76. The van der Waals surface area contributed by atoms with Gasteiger partial charge >= 0.3 is 0 Å². The van der Waals surface area contributed by atoms with Crippen LogP contribution in [0, 0.1) is 11.2 Å². The van der Waals surface area contributed by atoms with E-state index in [1.54, 1.807) is 30.6 Å². The summed E-state index contributed by atoms with van der Waals surface area (Å²) in [5, 5.41) is 13.8. The maximum absolute atomic E-state index is 14.2. The number of benzene rings is 1. The van der Waals surface area contributed by atoms with Crippen LogP contribution in [0.1, 0.15) is 48.2 Å². The number of anilines is 1. The van der Waals surface area contributed by atoms with E-state index in [1.165, 1.54) is 24.6 Å². The van der Waals surface area contributed by atoms with Crippen LogP contribution in [-0.4, -0.2) is 67.1 Å². The number of methoxy groups -OCH3 is 1. The molecule has 10 nitrogen and oxygen atoms in total. The number of halogens is 1. The Balaban J connectivity index is 1.27. The molecule has 2 aliphatic carbocycles. The minimum atomic E-state index is -0.497. The summed E-state index contributed by atoms with van der Waals surface area (Å²) in [5.74, 6) is -0.520. The van der Waals surface area contributed by atoms with Crippen molar-refractivity contribution in [1.82, 2.24) is 24.5 Å². The van der Waals surface area contributed by atoms with Gasteiger partial charge in [0.15, 0.2) is 23.0 Å². The summed E-state index contributed by atoms with van der Waals surface area (Å²) < 4.78 is 20.7. The van der Waals surface area contributed by atoms with Gasteiger partial charge in [-0.15, -0.1) is 0 Å². The maximum atomic E-state index is 14.2. The number of hydrogen-bond donors (Lipinski definition) is 2. The van der Waals surface area contributed by atoms with Crippen molar-refractivity contribution in [2.24, 2.45) is 5.41 Å². The predicted octanol–water partition coefficient (Wildman–Crippen LogP) is 3.23. The molecule has 4 atom stereocenters. The molecule has 3 aromatic heterocycles. The summed E-state index contributed by atoms with van der Waals surface area (Å²) in [5.41, 5.74) is 10.6. The minimum absolute atomic E-state index is 0.0154. The summed E-state index contributed by atoms with van der Waals surface area (Å²) in [7, 11) is 1.42. The maximum Gasteiger partial charge on any atom is 0.248 e. The number of aromatic nitrogens is 4. The molecule has 0 radical (unpaired) electrons. The summed E-state index contributed by atoms with van der Waals surface area (Å²) in [6.45, 7) is 0.981. The standard InChI is InChI=1S/C29H27FN6O4/c1-14(38)25-26(18-10-23-29(18)8-7-22(29)35(23)24(39)13-37)34-28-17(12-33-36(28)27(25)31)16-3-5-20(32-11-16)15-4-6-21(40-2)19(30)9-15/h3-6,9,11-12,18,22-23,37H,7-8,10,13,31H2,1-2H3. The van der Waals surface area contributed by atoms with Gasteiger partial charge in [0.05, 0.1) is 30.3 Å². The molecular formula is C29H27FN6O4. The molecule has 4 heterocycles. The largest absolute Gasteiger partial charge is 0.494 e. The van der Waals surface area contributed by atoms with E-state index in [9.17, 15) is 19.1 Å². The first kappa shape index (κ1) is 24.6. The van der Waals surface area contributed by atoms with E-state index >= 15 is 0 Å². The van der Waals surface area contributed by atoms with Gasteiger partial charge in [0.25, 0.3) is 0 Å². The van der Waals surface area contributed by atoms with Gasteiger partial charge in [-0.3, -0.25) is 14.6 Å². The Kier molecular flexibility index (Phi) is 5.27. The second kappa shape index (κ2) is 8.56. The van der Waals surface area contributed by atoms with Crippen LogP contribution in [0.25, 0.3) is 28.0 Å². The predicted molar refractivity (Wildman–Crippen MR) is 143 cm³/mol. The molecule has 204 valence electrons. The normalized spacial score (nSPS) is 24.4. The van der Waals surface area contributed by atoms with Gasteiger partial charge in [0.1, 0.15) is 12.4 Å². The van der Waals surface area contributed by atoms with Crippen molar-refractivity contribution in [2.75, 3.05) is 19.5 Å². The lowest BCUT2D eigenvalue weighted by Gasteiger charge is -2.79. The lowest BCUT2D eigenvalue weighted by molar-refractivity contribution is -0.271. The van der Waals surface area contributed by atoms with E-state index in [2.05, 4.69) is 10.1 Å².